The quantitative estimate of drug-likeness (QED) is 0.624. The molecular formula is C21H25N5O5S. The van der Waals surface area contributed by atoms with Gasteiger partial charge in [0, 0.05) is 5.69 Å². The molecule has 11 heteroatoms. The zero-order valence-corrected chi connectivity index (χ0v) is 18.3. The number of anilines is 1. The molecule has 2 amide bonds. The summed E-state index contributed by atoms with van der Waals surface area (Å²) in [5, 5.41) is 23.4. The number of nitrogens with one attached hydrogen (secondary N) is 1. The number of rotatable bonds is 2. The largest absolute Gasteiger partial charge is 0.476 e. The van der Waals surface area contributed by atoms with Crippen LogP contribution in [0.15, 0.2) is 21.5 Å². The molecule has 2 aromatic rings. The highest BCUT2D eigenvalue weighted by molar-refractivity contribution is 7.91. The number of nitrogens with zero attached hydrogens (tertiary/aromatic N) is 3. The number of amides is 2. The van der Waals surface area contributed by atoms with Gasteiger partial charge in [-0.2, -0.15) is 5.10 Å². The van der Waals surface area contributed by atoms with Crippen molar-refractivity contribution in [2.24, 2.45) is 14.9 Å². The molecule has 4 aliphatic rings. The van der Waals surface area contributed by atoms with Crippen molar-refractivity contribution in [3.63, 3.8) is 0 Å². The Hall–Kier alpha value is -2.47. The van der Waals surface area contributed by atoms with Crippen LogP contribution in [-0.2, 0) is 40.5 Å². The molecule has 1 aromatic carbocycles. The SMILES string of the molecule is NS(=O)(=NC(=O)Nc1c2c(cc3c1CCC3O)CCC2)c1cnn2c1OCC1(COC1)C2. The summed E-state index contributed by atoms with van der Waals surface area (Å²) in [5.41, 5.74) is 4.59. The van der Waals surface area contributed by atoms with Gasteiger partial charge in [-0.3, -0.25) is 0 Å². The number of carbonyl (C=O) groups excluding carboxylic acids is 1. The molecule has 4 N–H and O–H groups in total. The average molecular weight is 460 g/mol. The fourth-order valence-electron chi connectivity index (χ4n) is 5.24. The number of urea groups is 1. The highest BCUT2D eigenvalue weighted by Gasteiger charge is 2.44. The van der Waals surface area contributed by atoms with Crippen molar-refractivity contribution in [3.05, 3.63) is 34.5 Å². The molecule has 2 atom stereocenters. The Balaban J connectivity index is 1.31. The Labute approximate surface area is 185 Å². The van der Waals surface area contributed by atoms with Crippen LogP contribution in [0, 0.1) is 5.41 Å². The van der Waals surface area contributed by atoms with Crippen LogP contribution in [-0.4, -0.2) is 44.9 Å². The number of fused-ring (bicyclic) bond motifs is 3. The average Bonchev–Trinajstić information content (AvgIpc) is 3.44. The molecule has 6 rings (SSSR count). The number of aliphatic hydroxyl groups is 1. The van der Waals surface area contributed by atoms with Gasteiger partial charge in [0.2, 0.25) is 5.88 Å². The number of ether oxygens (including phenoxy) is 2. The van der Waals surface area contributed by atoms with Gasteiger partial charge >= 0.3 is 6.03 Å². The Morgan fingerprint density at radius 1 is 1.31 bits per heavy atom. The molecule has 10 nitrogen and oxygen atoms in total. The van der Waals surface area contributed by atoms with Gasteiger partial charge in [0.05, 0.1) is 37.5 Å². The van der Waals surface area contributed by atoms with E-state index < -0.39 is 22.1 Å². The molecule has 2 aliphatic carbocycles. The van der Waals surface area contributed by atoms with E-state index in [0.717, 1.165) is 41.5 Å². The molecule has 1 saturated heterocycles. The Kier molecular flexibility index (Phi) is 4.42. The summed E-state index contributed by atoms with van der Waals surface area (Å²) in [6.45, 7) is 2.17. The minimum absolute atomic E-state index is 0.112. The second-order valence-electron chi connectivity index (χ2n) is 9.21. The molecule has 1 spiro atoms. The summed E-state index contributed by atoms with van der Waals surface area (Å²) in [4.78, 5) is 13.0. The van der Waals surface area contributed by atoms with Crippen LogP contribution in [0.2, 0.25) is 0 Å². The molecular weight excluding hydrogens is 434 g/mol. The van der Waals surface area contributed by atoms with Crippen LogP contribution >= 0.6 is 0 Å². The maximum absolute atomic E-state index is 13.2. The first-order chi connectivity index (χ1) is 15.4. The monoisotopic (exact) mass is 459 g/mol. The van der Waals surface area contributed by atoms with E-state index in [0.29, 0.717) is 44.9 Å². The lowest BCUT2D eigenvalue weighted by Gasteiger charge is -2.43. The lowest BCUT2D eigenvalue weighted by atomic mass is 9.86. The Morgan fingerprint density at radius 3 is 2.94 bits per heavy atom. The summed E-state index contributed by atoms with van der Waals surface area (Å²) in [6, 6.07) is 1.28. The maximum Gasteiger partial charge on any atom is 0.354 e. The topological polar surface area (TPSA) is 141 Å². The maximum atomic E-state index is 13.2. The highest BCUT2D eigenvalue weighted by atomic mass is 32.2. The number of hydrogen-bond acceptors (Lipinski definition) is 6. The third kappa shape index (κ3) is 3.06. The smallest absolute Gasteiger partial charge is 0.354 e. The summed E-state index contributed by atoms with van der Waals surface area (Å²) in [5.74, 6) is 0.288. The van der Waals surface area contributed by atoms with Crippen molar-refractivity contribution in [2.75, 3.05) is 25.1 Å². The predicted octanol–water partition coefficient (Wildman–Crippen LogP) is 1.69. The normalized spacial score (nSPS) is 24.0. The first kappa shape index (κ1) is 20.2. The van der Waals surface area contributed by atoms with Gasteiger partial charge < -0.3 is 19.9 Å². The van der Waals surface area contributed by atoms with Crippen molar-refractivity contribution in [1.29, 1.82) is 0 Å². The van der Waals surface area contributed by atoms with Crippen LogP contribution in [0.25, 0.3) is 0 Å². The molecule has 1 fully saturated rings. The molecule has 0 bridgehead atoms. The van der Waals surface area contributed by atoms with E-state index in [1.807, 2.05) is 0 Å². The molecule has 3 heterocycles. The van der Waals surface area contributed by atoms with Crippen LogP contribution in [0.3, 0.4) is 0 Å². The fraction of sp³-hybridized carbons (Fsp3) is 0.524. The van der Waals surface area contributed by atoms with Crippen molar-refractivity contribution in [1.82, 2.24) is 9.78 Å². The van der Waals surface area contributed by atoms with E-state index in [1.165, 1.54) is 6.20 Å². The summed E-state index contributed by atoms with van der Waals surface area (Å²) < 4.78 is 29.8. The minimum atomic E-state index is -3.57. The van der Waals surface area contributed by atoms with E-state index >= 15 is 0 Å². The van der Waals surface area contributed by atoms with Crippen molar-refractivity contribution >= 4 is 21.6 Å². The van der Waals surface area contributed by atoms with Crippen LogP contribution in [0.4, 0.5) is 10.5 Å². The molecule has 32 heavy (non-hydrogen) atoms. The van der Waals surface area contributed by atoms with Gasteiger partial charge in [-0.15, -0.1) is 4.36 Å². The predicted molar refractivity (Wildman–Crippen MR) is 115 cm³/mol. The van der Waals surface area contributed by atoms with Crippen LogP contribution < -0.4 is 15.2 Å². The molecule has 2 unspecified atom stereocenters. The van der Waals surface area contributed by atoms with Gasteiger partial charge in [-0.05, 0) is 54.4 Å². The van der Waals surface area contributed by atoms with E-state index in [9.17, 15) is 14.1 Å². The van der Waals surface area contributed by atoms with Crippen molar-refractivity contribution < 1.29 is 23.6 Å². The Bertz CT molecular complexity index is 1260. The number of aromatic nitrogens is 2. The molecule has 1 aromatic heterocycles. The first-order valence-corrected chi connectivity index (χ1v) is 12.4. The van der Waals surface area contributed by atoms with Gasteiger partial charge in [0.15, 0.2) is 9.92 Å². The second kappa shape index (κ2) is 7.01. The standard InChI is InChI=1S/C21H25N5O5S/c22-32(29,17-7-23-26-8-21(9-30-10-21)11-31-19(17)26)25-20(28)24-18-13-3-1-2-12(13)6-15-14(18)4-5-16(15)27/h6-7,16,27H,1-5,8-11H2,(H3,22,24,25,28,29). The van der Waals surface area contributed by atoms with E-state index in [1.54, 1.807) is 4.68 Å². The zero-order valence-electron chi connectivity index (χ0n) is 17.5. The highest BCUT2D eigenvalue weighted by Crippen LogP contribution is 2.42. The van der Waals surface area contributed by atoms with Gasteiger partial charge in [-0.1, -0.05) is 6.07 Å². The number of aliphatic hydroxyl groups excluding tert-OH is 1. The fourth-order valence-corrected chi connectivity index (χ4v) is 6.24. The number of hydrogen-bond donors (Lipinski definition) is 3. The van der Waals surface area contributed by atoms with Crippen LogP contribution in [0.5, 0.6) is 5.88 Å². The third-order valence-electron chi connectivity index (χ3n) is 6.91. The Morgan fingerprint density at radius 2 is 2.16 bits per heavy atom. The first-order valence-electron chi connectivity index (χ1n) is 10.8. The summed E-state index contributed by atoms with van der Waals surface area (Å²) in [6.07, 6.45) is 4.89. The van der Waals surface area contributed by atoms with Crippen molar-refractivity contribution in [2.45, 2.75) is 49.6 Å². The third-order valence-corrected chi connectivity index (χ3v) is 8.26. The van der Waals surface area contributed by atoms with E-state index in [4.69, 9.17) is 14.6 Å². The van der Waals surface area contributed by atoms with Crippen molar-refractivity contribution in [3.8, 4) is 5.88 Å². The number of carbonyl (C=O) groups is 1. The minimum Gasteiger partial charge on any atom is -0.476 e. The van der Waals surface area contributed by atoms with E-state index in [-0.39, 0.29) is 16.2 Å². The van der Waals surface area contributed by atoms with Crippen LogP contribution in [0.1, 0.15) is 41.2 Å². The molecule has 0 saturated carbocycles. The summed E-state index contributed by atoms with van der Waals surface area (Å²) in [7, 11) is -3.57. The lowest BCUT2D eigenvalue weighted by Crippen LogP contribution is -2.52. The number of nitrogens with two attached hydrogens (primary N) is 1. The zero-order chi connectivity index (χ0) is 22.1. The second-order valence-corrected chi connectivity index (χ2v) is 11.0. The van der Waals surface area contributed by atoms with Gasteiger partial charge in [0.1, 0.15) is 11.5 Å². The molecule has 170 valence electrons. The van der Waals surface area contributed by atoms with E-state index in [2.05, 4.69) is 20.8 Å². The lowest BCUT2D eigenvalue weighted by molar-refractivity contribution is -0.154. The molecule has 0 radical (unpaired) electrons. The summed E-state index contributed by atoms with van der Waals surface area (Å²) >= 11 is 0. The number of benzene rings is 1. The molecule has 2 aliphatic heterocycles. The van der Waals surface area contributed by atoms with Gasteiger partial charge in [0.25, 0.3) is 0 Å². The number of aryl methyl sites for hydroxylation is 1. The van der Waals surface area contributed by atoms with Gasteiger partial charge in [-0.25, -0.2) is 18.8 Å².